The van der Waals surface area contributed by atoms with E-state index in [9.17, 15) is 8.78 Å². The Morgan fingerprint density at radius 1 is 1.15 bits per heavy atom. The van der Waals surface area contributed by atoms with Gasteiger partial charge in [0, 0.05) is 10.2 Å². The Hall–Kier alpha value is -1.93. The van der Waals surface area contributed by atoms with Gasteiger partial charge in [-0.25, -0.2) is 8.78 Å². The summed E-state index contributed by atoms with van der Waals surface area (Å²) in [5.74, 6) is -2.18. The third kappa shape index (κ3) is 2.81. The summed E-state index contributed by atoms with van der Waals surface area (Å²) in [4.78, 5) is 0. The summed E-state index contributed by atoms with van der Waals surface area (Å²) in [5, 5.41) is 11.5. The van der Waals surface area contributed by atoms with Crippen LogP contribution in [-0.2, 0) is 6.42 Å². The van der Waals surface area contributed by atoms with Crippen molar-refractivity contribution in [3.8, 4) is 6.07 Å². The number of hydrogen-bond donors (Lipinski definition) is 1. The van der Waals surface area contributed by atoms with Crippen molar-refractivity contribution in [1.82, 2.24) is 0 Å². The molecule has 0 aliphatic rings. The fourth-order valence-electron chi connectivity index (χ4n) is 1.85. The van der Waals surface area contributed by atoms with E-state index < -0.39 is 11.6 Å². The van der Waals surface area contributed by atoms with Gasteiger partial charge in [0.1, 0.15) is 6.07 Å². The minimum atomic E-state index is -1.13. The number of nitrogens with zero attached hydrogens (tertiary/aromatic N) is 1. The summed E-state index contributed by atoms with van der Waals surface area (Å²) in [5.41, 5.74) is 1.39. The minimum absolute atomic E-state index is 0.0125. The summed E-state index contributed by atoms with van der Waals surface area (Å²) >= 11 is 3.37. The molecule has 2 rings (SSSR count). The van der Waals surface area contributed by atoms with Crippen LogP contribution in [0.1, 0.15) is 18.1 Å². The van der Waals surface area contributed by atoms with Gasteiger partial charge in [0.05, 0.1) is 11.3 Å². The van der Waals surface area contributed by atoms with Gasteiger partial charge >= 0.3 is 0 Å². The average molecular weight is 337 g/mol. The molecule has 1 N–H and O–H groups in total. The molecule has 2 aromatic carbocycles. The molecule has 0 heterocycles. The Kier molecular flexibility index (Phi) is 4.35. The van der Waals surface area contributed by atoms with Crippen LogP contribution in [0.3, 0.4) is 0 Å². The van der Waals surface area contributed by atoms with E-state index >= 15 is 0 Å². The first-order valence-electron chi connectivity index (χ1n) is 6.00. The SMILES string of the molecule is CCc1cc(Br)ccc1Nc1ccc(C#N)c(F)c1F. The van der Waals surface area contributed by atoms with Crippen molar-refractivity contribution >= 4 is 27.3 Å². The molecule has 0 radical (unpaired) electrons. The van der Waals surface area contributed by atoms with Gasteiger partial charge in [0.25, 0.3) is 0 Å². The zero-order chi connectivity index (χ0) is 14.7. The lowest BCUT2D eigenvalue weighted by atomic mass is 10.1. The van der Waals surface area contributed by atoms with E-state index in [1.165, 1.54) is 12.1 Å². The van der Waals surface area contributed by atoms with Crippen molar-refractivity contribution in [3.05, 3.63) is 57.6 Å². The lowest BCUT2D eigenvalue weighted by Crippen LogP contribution is -2.01. The average Bonchev–Trinajstić information content (AvgIpc) is 2.45. The van der Waals surface area contributed by atoms with Crippen LogP contribution in [0.5, 0.6) is 0 Å². The van der Waals surface area contributed by atoms with E-state index in [-0.39, 0.29) is 11.3 Å². The molecule has 0 aromatic heterocycles. The number of hydrogen-bond acceptors (Lipinski definition) is 2. The first-order valence-corrected chi connectivity index (χ1v) is 6.79. The Morgan fingerprint density at radius 3 is 2.50 bits per heavy atom. The third-order valence-electron chi connectivity index (χ3n) is 2.92. The molecular weight excluding hydrogens is 326 g/mol. The van der Waals surface area contributed by atoms with E-state index in [0.717, 1.165) is 16.5 Å². The molecule has 102 valence electrons. The smallest absolute Gasteiger partial charge is 0.183 e. The summed E-state index contributed by atoms with van der Waals surface area (Å²) in [6.45, 7) is 1.97. The van der Waals surface area contributed by atoms with Crippen LogP contribution in [0.2, 0.25) is 0 Å². The van der Waals surface area contributed by atoms with E-state index in [1.54, 1.807) is 12.1 Å². The van der Waals surface area contributed by atoms with Crippen molar-refractivity contribution in [3.63, 3.8) is 0 Å². The van der Waals surface area contributed by atoms with Gasteiger partial charge in [-0.2, -0.15) is 5.26 Å². The molecule has 5 heteroatoms. The minimum Gasteiger partial charge on any atom is -0.353 e. The number of nitriles is 1. The van der Waals surface area contributed by atoms with Crippen molar-refractivity contribution in [2.75, 3.05) is 5.32 Å². The molecular formula is C15H11BrF2N2. The van der Waals surface area contributed by atoms with Crippen LogP contribution >= 0.6 is 15.9 Å². The third-order valence-corrected chi connectivity index (χ3v) is 3.41. The van der Waals surface area contributed by atoms with Crippen LogP contribution < -0.4 is 5.32 Å². The summed E-state index contributed by atoms with van der Waals surface area (Å²) < 4.78 is 28.3. The van der Waals surface area contributed by atoms with Gasteiger partial charge in [0.2, 0.25) is 0 Å². The van der Waals surface area contributed by atoms with Crippen molar-refractivity contribution in [2.24, 2.45) is 0 Å². The molecule has 0 fully saturated rings. The molecule has 0 aliphatic carbocycles. The fourth-order valence-corrected chi connectivity index (χ4v) is 2.26. The molecule has 0 unspecified atom stereocenters. The predicted octanol–water partition coefficient (Wildman–Crippen LogP) is 4.90. The van der Waals surface area contributed by atoms with E-state index in [1.807, 2.05) is 19.1 Å². The maximum atomic E-state index is 13.9. The highest BCUT2D eigenvalue weighted by Gasteiger charge is 2.14. The van der Waals surface area contributed by atoms with Crippen molar-refractivity contribution < 1.29 is 8.78 Å². The molecule has 0 saturated heterocycles. The highest BCUT2D eigenvalue weighted by atomic mass is 79.9. The second kappa shape index (κ2) is 6.02. The van der Waals surface area contributed by atoms with E-state index in [4.69, 9.17) is 5.26 Å². The Labute approximate surface area is 124 Å². The Bertz CT molecular complexity index is 693. The number of benzene rings is 2. The number of halogens is 3. The van der Waals surface area contributed by atoms with Crippen LogP contribution in [-0.4, -0.2) is 0 Å². The second-order valence-corrected chi connectivity index (χ2v) is 5.10. The molecule has 2 aromatic rings. The molecule has 0 aliphatic heterocycles. The molecule has 2 nitrogen and oxygen atoms in total. The van der Waals surface area contributed by atoms with E-state index in [0.29, 0.717) is 5.69 Å². The van der Waals surface area contributed by atoms with Crippen LogP contribution in [0, 0.1) is 23.0 Å². The molecule has 0 saturated carbocycles. The highest BCUT2D eigenvalue weighted by molar-refractivity contribution is 9.10. The van der Waals surface area contributed by atoms with Crippen molar-refractivity contribution in [1.29, 1.82) is 5.26 Å². The number of anilines is 2. The van der Waals surface area contributed by atoms with Gasteiger partial charge in [-0.3, -0.25) is 0 Å². The maximum Gasteiger partial charge on any atom is 0.183 e. The predicted molar refractivity (Wildman–Crippen MR) is 77.9 cm³/mol. The molecule has 0 amide bonds. The molecule has 20 heavy (non-hydrogen) atoms. The quantitative estimate of drug-likeness (QED) is 0.864. The normalized spacial score (nSPS) is 10.2. The van der Waals surface area contributed by atoms with Crippen LogP contribution in [0.4, 0.5) is 20.2 Å². The number of aryl methyl sites for hydroxylation is 1. The largest absolute Gasteiger partial charge is 0.353 e. The fraction of sp³-hybridized carbons (Fsp3) is 0.133. The first-order chi connectivity index (χ1) is 9.56. The monoisotopic (exact) mass is 336 g/mol. The molecule has 0 atom stereocenters. The maximum absolute atomic E-state index is 13.9. The summed E-state index contributed by atoms with van der Waals surface area (Å²) in [7, 11) is 0. The summed E-state index contributed by atoms with van der Waals surface area (Å²) in [6.07, 6.45) is 0.752. The van der Waals surface area contributed by atoms with E-state index in [2.05, 4.69) is 21.2 Å². The second-order valence-electron chi connectivity index (χ2n) is 4.18. The Balaban J connectivity index is 2.41. The van der Waals surface area contributed by atoms with Crippen molar-refractivity contribution in [2.45, 2.75) is 13.3 Å². The lowest BCUT2D eigenvalue weighted by molar-refractivity contribution is 0.509. The first kappa shape index (κ1) is 14.5. The number of rotatable bonds is 3. The highest BCUT2D eigenvalue weighted by Crippen LogP contribution is 2.28. The zero-order valence-corrected chi connectivity index (χ0v) is 12.3. The topological polar surface area (TPSA) is 35.8 Å². The van der Waals surface area contributed by atoms with Gasteiger partial charge in [0.15, 0.2) is 11.6 Å². The van der Waals surface area contributed by atoms with Gasteiger partial charge in [-0.05, 0) is 42.3 Å². The standard InChI is InChI=1S/C15H11BrF2N2/c1-2-9-7-11(16)4-6-12(9)20-13-5-3-10(8-19)14(17)15(13)18/h3-7,20H,2H2,1H3. The van der Waals surface area contributed by atoms with Gasteiger partial charge < -0.3 is 5.32 Å². The molecule has 0 spiro atoms. The lowest BCUT2D eigenvalue weighted by Gasteiger charge is -2.12. The Morgan fingerprint density at radius 2 is 1.85 bits per heavy atom. The van der Waals surface area contributed by atoms with Crippen LogP contribution in [0.25, 0.3) is 0 Å². The zero-order valence-electron chi connectivity index (χ0n) is 10.7. The summed E-state index contributed by atoms with van der Waals surface area (Å²) in [6, 6.07) is 9.75. The number of nitrogens with one attached hydrogen (secondary N) is 1. The van der Waals surface area contributed by atoms with Gasteiger partial charge in [-0.15, -0.1) is 0 Å². The van der Waals surface area contributed by atoms with Crippen LogP contribution in [0.15, 0.2) is 34.8 Å². The molecule has 0 bridgehead atoms. The van der Waals surface area contributed by atoms with Gasteiger partial charge in [-0.1, -0.05) is 22.9 Å².